The molecule has 1 atom stereocenters. The maximum atomic E-state index is 9.70. The standard InChI is InChI=1S/C11H17NO2/c1-4-14-10-7-5-9(6-8-10)11(13)12(2)3/h5-8,11,13H,4H2,1-3H3. The van der Waals surface area contributed by atoms with Crippen LogP contribution >= 0.6 is 0 Å². The van der Waals surface area contributed by atoms with Crippen molar-refractivity contribution in [3.63, 3.8) is 0 Å². The van der Waals surface area contributed by atoms with E-state index in [-0.39, 0.29) is 0 Å². The van der Waals surface area contributed by atoms with E-state index in [0.717, 1.165) is 11.3 Å². The second kappa shape index (κ2) is 4.98. The van der Waals surface area contributed by atoms with Crippen molar-refractivity contribution >= 4 is 0 Å². The van der Waals surface area contributed by atoms with Gasteiger partial charge >= 0.3 is 0 Å². The predicted molar refractivity (Wildman–Crippen MR) is 56.3 cm³/mol. The van der Waals surface area contributed by atoms with Gasteiger partial charge in [0.25, 0.3) is 0 Å². The molecule has 0 fully saturated rings. The summed E-state index contributed by atoms with van der Waals surface area (Å²) in [6, 6.07) is 7.47. The molecule has 78 valence electrons. The third-order valence-electron chi connectivity index (χ3n) is 1.98. The molecule has 0 spiro atoms. The van der Waals surface area contributed by atoms with Crippen LogP contribution in [0.2, 0.25) is 0 Å². The number of nitrogens with zero attached hydrogens (tertiary/aromatic N) is 1. The van der Waals surface area contributed by atoms with Crippen molar-refractivity contribution in [3.8, 4) is 5.75 Å². The van der Waals surface area contributed by atoms with Gasteiger partial charge in [-0.1, -0.05) is 12.1 Å². The number of rotatable bonds is 4. The van der Waals surface area contributed by atoms with E-state index in [1.54, 1.807) is 4.90 Å². The molecule has 0 amide bonds. The molecule has 0 saturated carbocycles. The van der Waals surface area contributed by atoms with Gasteiger partial charge in [-0.3, -0.25) is 4.90 Å². The van der Waals surface area contributed by atoms with E-state index in [4.69, 9.17) is 4.74 Å². The average Bonchev–Trinajstić information content (AvgIpc) is 2.18. The van der Waals surface area contributed by atoms with Crippen molar-refractivity contribution in [2.75, 3.05) is 20.7 Å². The summed E-state index contributed by atoms with van der Waals surface area (Å²) < 4.78 is 5.31. The lowest BCUT2D eigenvalue weighted by Gasteiger charge is -2.18. The Balaban J connectivity index is 2.72. The van der Waals surface area contributed by atoms with Crippen LogP contribution in [-0.2, 0) is 0 Å². The van der Waals surface area contributed by atoms with Crippen molar-refractivity contribution in [1.82, 2.24) is 4.90 Å². The van der Waals surface area contributed by atoms with Gasteiger partial charge in [-0.25, -0.2) is 0 Å². The molecule has 14 heavy (non-hydrogen) atoms. The maximum absolute atomic E-state index is 9.70. The Kier molecular flexibility index (Phi) is 3.92. The quantitative estimate of drug-likeness (QED) is 0.741. The minimum atomic E-state index is -0.550. The number of benzene rings is 1. The topological polar surface area (TPSA) is 32.7 Å². The fraction of sp³-hybridized carbons (Fsp3) is 0.455. The molecule has 0 aromatic heterocycles. The number of hydrogen-bond donors (Lipinski definition) is 1. The summed E-state index contributed by atoms with van der Waals surface area (Å²) >= 11 is 0. The second-order valence-corrected chi connectivity index (χ2v) is 3.34. The van der Waals surface area contributed by atoms with Crippen molar-refractivity contribution in [1.29, 1.82) is 0 Å². The molecule has 0 saturated heterocycles. The summed E-state index contributed by atoms with van der Waals surface area (Å²) in [6.45, 7) is 2.61. The van der Waals surface area contributed by atoms with Crippen LogP contribution in [0.25, 0.3) is 0 Å². The number of aliphatic hydroxyl groups excluding tert-OH is 1. The molecule has 0 radical (unpaired) electrons. The van der Waals surface area contributed by atoms with Gasteiger partial charge in [0.1, 0.15) is 12.0 Å². The Labute approximate surface area is 84.9 Å². The third-order valence-corrected chi connectivity index (χ3v) is 1.98. The summed E-state index contributed by atoms with van der Waals surface area (Å²) in [7, 11) is 3.67. The number of aliphatic hydroxyl groups is 1. The van der Waals surface area contributed by atoms with Gasteiger partial charge < -0.3 is 9.84 Å². The van der Waals surface area contributed by atoms with Gasteiger partial charge in [-0.05, 0) is 38.7 Å². The molecule has 0 aliphatic carbocycles. The zero-order valence-corrected chi connectivity index (χ0v) is 8.90. The van der Waals surface area contributed by atoms with Crippen LogP contribution in [0.15, 0.2) is 24.3 Å². The summed E-state index contributed by atoms with van der Waals surface area (Å²) in [5, 5.41) is 9.70. The van der Waals surface area contributed by atoms with Crippen LogP contribution in [0.1, 0.15) is 18.7 Å². The van der Waals surface area contributed by atoms with E-state index >= 15 is 0 Å². The highest BCUT2D eigenvalue weighted by Crippen LogP contribution is 2.18. The summed E-state index contributed by atoms with van der Waals surface area (Å²) in [5.41, 5.74) is 0.874. The smallest absolute Gasteiger partial charge is 0.133 e. The molecule has 0 aliphatic heterocycles. The lowest BCUT2D eigenvalue weighted by molar-refractivity contribution is 0.0395. The molecular formula is C11H17NO2. The highest BCUT2D eigenvalue weighted by atomic mass is 16.5. The Bertz CT molecular complexity index is 269. The van der Waals surface area contributed by atoms with Gasteiger partial charge in [0.15, 0.2) is 0 Å². The third kappa shape index (κ3) is 2.72. The molecule has 1 aromatic rings. The zero-order chi connectivity index (χ0) is 10.6. The maximum Gasteiger partial charge on any atom is 0.133 e. The fourth-order valence-electron chi connectivity index (χ4n) is 1.20. The lowest BCUT2D eigenvalue weighted by Crippen LogP contribution is -2.18. The largest absolute Gasteiger partial charge is 0.494 e. The molecule has 3 heteroatoms. The molecule has 0 aliphatic rings. The normalized spacial score (nSPS) is 12.9. The van der Waals surface area contributed by atoms with Crippen LogP contribution in [0, 0.1) is 0 Å². The van der Waals surface area contributed by atoms with E-state index in [9.17, 15) is 5.11 Å². The predicted octanol–water partition coefficient (Wildman–Crippen LogP) is 1.64. The molecule has 1 N–H and O–H groups in total. The van der Waals surface area contributed by atoms with Crippen LogP contribution in [0.5, 0.6) is 5.75 Å². The molecule has 0 heterocycles. The van der Waals surface area contributed by atoms with Crippen LogP contribution in [-0.4, -0.2) is 30.7 Å². The molecule has 1 rings (SSSR count). The van der Waals surface area contributed by atoms with Crippen LogP contribution in [0.4, 0.5) is 0 Å². The van der Waals surface area contributed by atoms with E-state index in [1.165, 1.54) is 0 Å². The number of ether oxygens (including phenoxy) is 1. The fourth-order valence-corrected chi connectivity index (χ4v) is 1.20. The molecule has 3 nitrogen and oxygen atoms in total. The second-order valence-electron chi connectivity index (χ2n) is 3.34. The van der Waals surface area contributed by atoms with Gasteiger partial charge in [0.2, 0.25) is 0 Å². The first kappa shape index (κ1) is 11.0. The first-order valence-electron chi connectivity index (χ1n) is 4.72. The first-order chi connectivity index (χ1) is 6.65. The van der Waals surface area contributed by atoms with Crippen molar-refractivity contribution < 1.29 is 9.84 Å². The van der Waals surface area contributed by atoms with E-state index in [0.29, 0.717) is 6.61 Å². The van der Waals surface area contributed by atoms with Crippen LogP contribution in [0.3, 0.4) is 0 Å². The minimum absolute atomic E-state index is 0.550. The van der Waals surface area contributed by atoms with Crippen molar-refractivity contribution in [2.24, 2.45) is 0 Å². The van der Waals surface area contributed by atoms with Gasteiger partial charge in [-0.2, -0.15) is 0 Å². The summed E-state index contributed by atoms with van der Waals surface area (Å²) in [6.07, 6.45) is -0.550. The Morgan fingerprint density at radius 3 is 2.29 bits per heavy atom. The molecule has 0 bridgehead atoms. The Hall–Kier alpha value is -1.06. The van der Waals surface area contributed by atoms with Gasteiger partial charge in [0, 0.05) is 0 Å². The van der Waals surface area contributed by atoms with Gasteiger partial charge in [0.05, 0.1) is 6.61 Å². The van der Waals surface area contributed by atoms with E-state index < -0.39 is 6.23 Å². The highest BCUT2D eigenvalue weighted by Gasteiger charge is 2.08. The Morgan fingerprint density at radius 1 is 1.29 bits per heavy atom. The minimum Gasteiger partial charge on any atom is -0.494 e. The zero-order valence-electron chi connectivity index (χ0n) is 8.90. The monoisotopic (exact) mass is 195 g/mol. The average molecular weight is 195 g/mol. The first-order valence-corrected chi connectivity index (χ1v) is 4.72. The van der Waals surface area contributed by atoms with Crippen LogP contribution < -0.4 is 4.74 Å². The SMILES string of the molecule is CCOc1ccc(C(O)N(C)C)cc1. The lowest BCUT2D eigenvalue weighted by atomic mass is 10.2. The summed E-state index contributed by atoms with van der Waals surface area (Å²) in [4.78, 5) is 1.75. The Morgan fingerprint density at radius 2 is 1.86 bits per heavy atom. The van der Waals surface area contributed by atoms with Crippen molar-refractivity contribution in [2.45, 2.75) is 13.2 Å². The summed E-state index contributed by atoms with van der Waals surface area (Å²) in [5.74, 6) is 0.835. The van der Waals surface area contributed by atoms with Crippen molar-refractivity contribution in [3.05, 3.63) is 29.8 Å². The molecular weight excluding hydrogens is 178 g/mol. The van der Waals surface area contributed by atoms with E-state index in [2.05, 4.69) is 0 Å². The van der Waals surface area contributed by atoms with Gasteiger partial charge in [-0.15, -0.1) is 0 Å². The molecule has 1 unspecified atom stereocenters. The molecule has 1 aromatic carbocycles. The number of hydrogen-bond acceptors (Lipinski definition) is 3. The highest BCUT2D eigenvalue weighted by molar-refractivity contribution is 5.28. The van der Waals surface area contributed by atoms with E-state index in [1.807, 2.05) is 45.3 Å².